The second-order valence-electron chi connectivity index (χ2n) is 5.15. The second-order valence-corrected chi connectivity index (χ2v) is 5.15. The quantitative estimate of drug-likeness (QED) is 0.795. The third kappa shape index (κ3) is 2.93. The van der Waals surface area contributed by atoms with Gasteiger partial charge in [0, 0.05) is 29.9 Å². The van der Waals surface area contributed by atoms with E-state index in [-0.39, 0.29) is 0 Å². The Morgan fingerprint density at radius 2 is 1.90 bits per heavy atom. The van der Waals surface area contributed by atoms with Crippen LogP contribution < -0.4 is 0 Å². The molecule has 0 bridgehead atoms. The lowest BCUT2D eigenvalue weighted by Crippen LogP contribution is -2.06. The average Bonchev–Trinajstić information content (AvgIpc) is 2.55. The van der Waals surface area contributed by atoms with Gasteiger partial charge in [0.25, 0.3) is 0 Å². The van der Waals surface area contributed by atoms with Gasteiger partial charge in [-0.15, -0.1) is 0 Å². The first-order chi connectivity index (χ1) is 10.3. The lowest BCUT2D eigenvalue weighted by Gasteiger charge is -2.12. The normalized spacial score (nSPS) is 12.5. The summed E-state index contributed by atoms with van der Waals surface area (Å²) in [6.07, 6.45) is 4.43. The number of pyridine rings is 2. The van der Waals surface area contributed by atoms with Crippen LogP contribution in [0.4, 0.5) is 0 Å². The third-order valence-electron chi connectivity index (χ3n) is 3.72. The fraction of sp³-hybridized carbons (Fsp3) is 0.222. The van der Waals surface area contributed by atoms with Gasteiger partial charge in [-0.2, -0.15) is 0 Å². The van der Waals surface area contributed by atoms with E-state index in [2.05, 4.69) is 23.0 Å². The Hall–Kier alpha value is -2.26. The number of fused-ring (bicyclic) bond motifs is 1. The number of benzene rings is 1. The van der Waals surface area contributed by atoms with Crippen LogP contribution in [-0.2, 0) is 12.8 Å². The van der Waals surface area contributed by atoms with Crippen molar-refractivity contribution < 1.29 is 5.11 Å². The highest BCUT2D eigenvalue weighted by molar-refractivity contribution is 5.84. The van der Waals surface area contributed by atoms with Gasteiger partial charge in [0.2, 0.25) is 0 Å². The van der Waals surface area contributed by atoms with Gasteiger partial charge in [-0.05, 0) is 29.5 Å². The zero-order valence-corrected chi connectivity index (χ0v) is 12.0. The van der Waals surface area contributed by atoms with Crippen LogP contribution in [0.25, 0.3) is 10.8 Å². The molecular weight excluding hydrogens is 260 g/mol. The molecule has 0 saturated carbocycles. The van der Waals surface area contributed by atoms with Gasteiger partial charge in [0.05, 0.1) is 5.69 Å². The molecule has 0 fully saturated rings. The van der Waals surface area contributed by atoms with Gasteiger partial charge < -0.3 is 5.11 Å². The maximum Gasteiger partial charge on any atom is 0.102 e. The summed E-state index contributed by atoms with van der Waals surface area (Å²) in [6.45, 7) is 2.10. The minimum absolute atomic E-state index is 0.477. The van der Waals surface area contributed by atoms with Crippen LogP contribution in [0.3, 0.4) is 0 Å². The maximum atomic E-state index is 10.5. The minimum Gasteiger partial charge on any atom is -0.386 e. The molecule has 0 aliphatic heterocycles. The van der Waals surface area contributed by atoms with Crippen molar-refractivity contribution in [2.24, 2.45) is 0 Å². The summed E-state index contributed by atoms with van der Waals surface area (Å²) in [5.74, 6) is 0. The molecule has 0 aliphatic carbocycles. The number of aryl methyl sites for hydroxylation is 1. The monoisotopic (exact) mass is 278 g/mol. The van der Waals surface area contributed by atoms with Gasteiger partial charge in [-0.3, -0.25) is 9.97 Å². The smallest absolute Gasteiger partial charge is 0.102 e. The average molecular weight is 278 g/mol. The summed E-state index contributed by atoms with van der Waals surface area (Å²) in [6, 6.07) is 14.0. The zero-order chi connectivity index (χ0) is 14.7. The second kappa shape index (κ2) is 6.02. The van der Waals surface area contributed by atoms with Crippen LogP contribution in [0.5, 0.6) is 0 Å². The standard InChI is InChI=1S/C18H18N2O/c1-2-13-7-8-15(20-12-13)11-17(21)18-16-6-4-3-5-14(16)9-10-19-18/h3-10,12,17,21H,2,11H2,1H3. The van der Waals surface area contributed by atoms with E-state index in [1.54, 1.807) is 6.20 Å². The van der Waals surface area contributed by atoms with E-state index in [1.807, 2.05) is 42.6 Å². The molecule has 21 heavy (non-hydrogen) atoms. The number of nitrogens with zero attached hydrogens (tertiary/aromatic N) is 2. The predicted octanol–water partition coefficient (Wildman–Crippen LogP) is 3.47. The Morgan fingerprint density at radius 1 is 1.05 bits per heavy atom. The molecule has 1 atom stereocenters. The van der Waals surface area contributed by atoms with Crippen molar-refractivity contribution in [1.82, 2.24) is 9.97 Å². The van der Waals surface area contributed by atoms with E-state index in [1.165, 1.54) is 5.56 Å². The van der Waals surface area contributed by atoms with Crippen molar-refractivity contribution in [2.45, 2.75) is 25.9 Å². The number of rotatable bonds is 4. The number of hydrogen-bond donors (Lipinski definition) is 1. The highest BCUT2D eigenvalue weighted by Crippen LogP contribution is 2.24. The highest BCUT2D eigenvalue weighted by atomic mass is 16.3. The fourth-order valence-electron chi connectivity index (χ4n) is 2.49. The molecule has 0 amide bonds. The maximum absolute atomic E-state index is 10.5. The molecule has 2 heterocycles. The summed E-state index contributed by atoms with van der Waals surface area (Å²) < 4.78 is 0. The van der Waals surface area contributed by atoms with Gasteiger partial charge in [-0.25, -0.2) is 0 Å². The molecule has 0 radical (unpaired) electrons. The molecule has 2 aromatic heterocycles. The number of aliphatic hydroxyl groups is 1. The van der Waals surface area contributed by atoms with Gasteiger partial charge in [0.15, 0.2) is 0 Å². The lowest BCUT2D eigenvalue weighted by atomic mass is 10.0. The summed E-state index contributed by atoms with van der Waals surface area (Å²) in [4.78, 5) is 8.77. The van der Waals surface area contributed by atoms with Crippen molar-refractivity contribution in [3.63, 3.8) is 0 Å². The SMILES string of the molecule is CCc1ccc(CC(O)c2nccc3ccccc23)nc1. The third-order valence-corrected chi connectivity index (χ3v) is 3.72. The summed E-state index contributed by atoms with van der Waals surface area (Å²) in [7, 11) is 0. The molecule has 1 N–H and O–H groups in total. The Morgan fingerprint density at radius 3 is 2.67 bits per heavy atom. The van der Waals surface area contributed by atoms with Gasteiger partial charge in [-0.1, -0.05) is 37.3 Å². The summed E-state index contributed by atoms with van der Waals surface area (Å²) in [5.41, 5.74) is 2.81. The van der Waals surface area contributed by atoms with Crippen LogP contribution in [0.15, 0.2) is 54.9 Å². The minimum atomic E-state index is -0.643. The number of hydrogen-bond acceptors (Lipinski definition) is 3. The molecule has 3 heteroatoms. The summed E-state index contributed by atoms with van der Waals surface area (Å²) >= 11 is 0. The Kier molecular flexibility index (Phi) is 3.93. The first-order valence-corrected chi connectivity index (χ1v) is 7.23. The van der Waals surface area contributed by atoms with E-state index in [9.17, 15) is 5.11 Å². The van der Waals surface area contributed by atoms with Crippen molar-refractivity contribution in [2.75, 3.05) is 0 Å². The van der Waals surface area contributed by atoms with Crippen LogP contribution in [0.1, 0.15) is 30.0 Å². The van der Waals surface area contributed by atoms with Crippen LogP contribution in [-0.4, -0.2) is 15.1 Å². The first-order valence-electron chi connectivity index (χ1n) is 7.23. The molecular formula is C18H18N2O. The molecule has 0 aliphatic rings. The molecule has 3 aromatic rings. The topological polar surface area (TPSA) is 46.0 Å². The molecule has 0 spiro atoms. The summed E-state index contributed by atoms with van der Waals surface area (Å²) in [5, 5.41) is 12.6. The van der Waals surface area contributed by atoms with E-state index in [0.29, 0.717) is 6.42 Å². The van der Waals surface area contributed by atoms with Crippen LogP contribution in [0, 0.1) is 0 Å². The Bertz CT molecular complexity index is 732. The van der Waals surface area contributed by atoms with Crippen molar-refractivity contribution in [3.8, 4) is 0 Å². The molecule has 3 nitrogen and oxygen atoms in total. The van der Waals surface area contributed by atoms with Gasteiger partial charge >= 0.3 is 0 Å². The van der Waals surface area contributed by atoms with Crippen LogP contribution in [0.2, 0.25) is 0 Å². The molecule has 3 rings (SSSR count). The van der Waals surface area contributed by atoms with Crippen molar-refractivity contribution >= 4 is 10.8 Å². The van der Waals surface area contributed by atoms with Crippen molar-refractivity contribution in [3.05, 3.63) is 71.8 Å². The van der Waals surface area contributed by atoms with Gasteiger partial charge in [0.1, 0.15) is 6.10 Å². The number of aromatic nitrogens is 2. The fourth-order valence-corrected chi connectivity index (χ4v) is 2.49. The zero-order valence-electron chi connectivity index (χ0n) is 12.0. The molecule has 1 aromatic carbocycles. The predicted molar refractivity (Wildman–Crippen MR) is 84.0 cm³/mol. The lowest BCUT2D eigenvalue weighted by molar-refractivity contribution is 0.174. The Labute approximate surface area is 124 Å². The first kappa shape index (κ1) is 13.7. The Balaban J connectivity index is 1.88. The van der Waals surface area contributed by atoms with E-state index < -0.39 is 6.10 Å². The largest absolute Gasteiger partial charge is 0.386 e. The molecule has 1 unspecified atom stereocenters. The molecule has 106 valence electrons. The van der Waals surface area contributed by atoms with E-state index >= 15 is 0 Å². The molecule has 0 saturated heterocycles. The van der Waals surface area contributed by atoms with E-state index in [4.69, 9.17) is 0 Å². The van der Waals surface area contributed by atoms with E-state index in [0.717, 1.165) is 28.6 Å². The van der Waals surface area contributed by atoms with Crippen LogP contribution >= 0.6 is 0 Å². The number of aliphatic hydroxyl groups excluding tert-OH is 1. The highest BCUT2D eigenvalue weighted by Gasteiger charge is 2.14. The van der Waals surface area contributed by atoms with Crippen molar-refractivity contribution in [1.29, 1.82) is 0 Å².